The largest absolute Gasteiger partial charge is 0.394 e. The Kier molecular flexibility index (Phi) is 4.33. The van der Waals surface area contributed by atoms with Crippen molar-refractivity contribution in [1.29, 1.82) is 0 Å². The van der Waals surface area contributed by atoms with Gasteiger partial charge in [0.15, 0.2) is 0 Å². The summed E-state index contributed by atoms with van der Waals surface area (Å²) in [5.74, 6) is 7.54. The van der Waals surface area contributed by atoms with Crippen LogP contribution in [0.15, 0.2) is 6.07 Å². The number of aliphatic hydroxyl groups is 1. The van der Waals surface area contributed by atoms with Crippen molar-refractivity contribution in [2.45, 2.75) is 38.6 Å². The van der Waals surface area contributed by atoms with Crippen LogP contribution in [0.25, 0.3) is 0 Å². The lowest BCUT2D eigenvalue weighted by Crippen LogP contribution is -2.38. The van der Waals surface area contributed by atoms with Gasteiger partial charge < -0.3 is 15.4 Å². The molecule has 0 radical (unpaired) electrons. The van der Waals surface area contributed by atoms with Crippen LogP contribution in [0, 0.1) is 6.92 Å². The number of hydrazine groups is 1. The maximum atomic E-state index is 9.52. The normalized spacial score (nSPS) is 20.6. The first-order chi connectivity index (χ1) is 8.74. The summed E-state index contributed by atoms with van der Waals surface area (Å²) in [6, 6.07) is 1.98. The molecule has 100 valence electrons. The number of rotatable bonds is 3. The second-order valence-corrected chi connectivity index (χ2v) is 4.68. The van der Waals surface area contributed by atoms with E-state index in [9.17, 15) is 5.11 Å². The zero-order chi connectivity index (χ0) is 13.0. The average molecular weight is 251 g/mol. The van der Waals surface area contributed by atoms with Crippen LogP contribution < -0.4 is 16.2 Å². The summed E-state index contributed by atoms with van der Waals surface area (Å²) < 4.78 is 0. The third-order valence-electron chi connectivity index (χ3n) is 3.35. The molecule has 2 heterocycles. The maximum absolute atomic E-state index is 9.52. The number of nitrogens with two attached hydrogens (primary N) is 1. The Morgan fingerprint density at radius 2 is 2.28 bits per heavy atom. The zero-order valence-corrected chi connectivity index (χ0v) is 10.8. The number of hydrogen-bond acceptors (Lipinski definition) is 6. The van der Waals surface area contributed by atoms with Gasteiger partial charge in [-0.25, -0.2) is 15.8 Å². The van der Waals surface area contributed by atoms with Gasteiger partial charge in [-0.05, 0) is 19.8 Å². The van der Waals surface area contributed by atoms with Gasteiger partial charge in [0.1, 0.15) is 17.5 Å². The monoisotopic (exact) mass is 251 g/mol. The molecule has 4 N–H and O–H groups in total. The molecule has 1 saturated heterocycles. The molecular formula is C12H21N5O. The van der Waals surface area contributed by atoms with Crippen molar-refractivity contribution in [2.24, 2.45) is 5.84 Å². The molecule has 18 heavy (non-hydrogen) atoms. The van der Waals surface area contributed by atoms with E-state index in [2.05, 4.69) is 20.3 Å². The third-order valence-corrected chi connectivity index (χ3v) is 3.35. The van der Waals surface area contributed by atoms with Crippen LogP contribution in [-0.2, 0) is 0 Å². The molecule has 6 heteroatoms. The number of nitrogens with one attached hydrogen (secondary N) is 1. The van der Waals surface area contributed by atoms with Gasteiger partial charge in [0, 0.05) is 12.6 Å². The number of aromatic nitrogens is 2. The highest BCUT2D eigenvalue weighted by molar-refractivity contribution is 5.49. The van der Waals surface area contributed by atoms with E-state index in [0.717, 1.165) is 31.6 Å². The van der Waals surface area contributed by atoms with Crippen LogP contribution in [0.3, 0.4) is 0 Å². The lowest BCUT2D eigenvalue weighted by Gasteiger charge is -2.30. The van der Waals surface area contributed by atoms with E-state index in [1.165, 1.54) is 6.42 Å². The molecule has 0 aromatic carbocycles. The van der Waals surface area contributed by atoms with Crippen LogP contribution >= 0.6 is 0 Å². The molecule has 2 rings (SSSR count). The number of nitrogen functional groups attached to an aromatic ring is 1. The summed E-state index contributed by atoms with van der Waals surface area (Å²) in [5, 5.41) is 9.52. The summed E-state index contributed by atoms with van der Waals surface area (Å²) in [4.78, 5) is 10.8. The Morgan fingerprint density at radius 1 is 1.44 bits per heavy atom. The highest BCUT2D eigenvalue weighted by Gasteiger charge is 2.22. The molecule has 0 saturated carbocycles. The fraction of sp³-hybridized carbons (Fsp3) is 0.667. The molecule has 1 fully saturated rings. The molecular weight excluding hydrogens is 230 g/mol. The van der Waals surface area contributed by atoms with E-state index in [1.54, 1.807) is 0 Å². The first-order valence-electron chi connectivity index (χ1n) is 6.44. The van der Waals surface area contributed by atoms with Crippen molar-refractivity contribution >= 4 is 11.6 Å². The number of aryl methyl sites for hydroxylation is 1. The van der Waals surface area contributed by atoms with Gasteiger partial charge in [0.2, 0.25) is 0 Å². The maximum Gasteiger partial charge on any atom is 0.145 e. The number of nitrogens with zero attached hydrogens (tertiary/aromatic N) is 3. The Hall–Kier alpha value is -1.40. The van der Waals surface area contributed by atoms with Crippen molar-refractivity contribution in [3.8, 4) is 0 Å². The van der Waals surface area contributed by atoms with Crippen molar-refractivity contribution in [2.75, 3.05) is 23.5 Å². The average Bonchev–Trinajstić information content (AvgIpc) is 2.62. The number of anilines is 2. The lowest BCUT2D eigenvalue weighted by atomic mass is 10.1. The smallest absolute Gasteiger partial charge is 0.145 e. The summed E-state index contributed by atoms with van der Waals surface area (Å²) in [7, 11) is 0. The van der Waals surface area contributed by atoms with Gasteiger partial charge >= 0.3 is 0 Å². The van der Waals surface area contributed by atoms with E-state index in [4.69, 9.17) is 5.84 Å². The van der Waals surface area contributed by atoms with Crippen molar-refractivity contribution in [1.82, 2.24) is 9.97 Å². The van der Waals surface area contributed by atoms with E-state index in [-0.39, 0.29) is 12.6 Å². The van der Waals surface area contributed by atoms with Crippen LogP contribution in [-0.4, -0.2) is 34.3 Å². The van der Waals surface area contributed by atoms with Gasteiger partial charge in [0.05, 0.1) is 12.6 Å². The lowest BCUT2D eigenvalue weighted by molar-refractivity contribution is 0.254. The Labute approximate surface area is 107 Å². The summed E-state index contributed by atoms with van der Waals surface area (Å²) in [6.07, 6.45) is 4.50. The van der Waals surface area contributed by atoms with Gasteiger partial charge in [0.25, 0.3) is 0 Å². The molecule has 1 aliphatic heterocycles. The van der Waals surface area contributed by atoms with Crippen molar-refractivity contribution < 1.29 is 5.11 Å². The van der Waals surface area contributed by atoms with Crippen LogP contribution in [0.1, 0.15) is 31.5 Å². The van der Waals surface area contributed by atoms with Gasteiger partial charge in [-0.3, -0.25) is 0 Å². The Morgan fingerprint density at radius 3 is 3.00 bits per heavy atom. The fourth-order valence-electron chi connectivity index (χ4n) is 2.44. The Bertz CT molecular complexity index is 398. The molecule has 0 amide bonds. The van der Waals surface area contributed by atoms with E-state index in [0.29, 0.717) is 11.6 Å². The highest BCUT2D eigenvalue weighted by atomic mass is 16.3. The molecule has 1 aliphatic rings. The topological polar surface area (TPSA) is 87.3 Å². The van der Waals surface area contributed by atoms with Crippen molar-refractivity contribution in [3.05, 3.63) is 11.9 Å². The van der Waals surface area contributed by atoms with E-state index in [1.807, 2.05) is 13.0 Å². The quantitative estimate of drug-likeness (QED) is 0.544. The van der Waals surface area contributed by atoms with Gasteiger partial charge in [-0.2, -0.15) is 0 Å². The highest BCUT2D eigenvalue weighted by Crippen LogP contribution is 2.24. The molecule has 0 bridgehead atoms. The van der Waals surface area contributed by atoms with Crippen LogP contribution in [0.2, 0.25) is 0 Å². The molecule has 1 unspecified atom stereocenters. The van der Waals surface area contributed by atoms with Gasteiger partial charge in [-0.15, -0.1) is 0 Å². The molecule has 1 aromatic rings. The fourth-order valence-corrected chi connectivity index (χ4v) is 2.44. The minimum Gasteiger partial charge on any atom is -0.394 e. The molecule has 6 nitrogen and oxygen atoms in total. The van der Waals surface area contributed by atoms with Crippen molar-refractivity contribution in [3.63, 3.8) is 0 Å². The first-order valence-corrected chi connectivity index (χ1v) is 6.44. The third kappa shape index (κ3) is 2.88. The second-order valence-electron chi connectivity index (χ2n) is 4.68. The van der Waals surface area contributed by atoms with Crippen LogP contribution in [0.4, 0.5) is 11.6 Å². The SMILES string of the molecule is Cc1nc(NN)cc(N2CCCCCC2CO)n1. The van der Waals surface area contributed by atoms with E-state index < -0.39 is 0 Å². The summed E-state index contributed by atoms with van der Waals surface area (Å²) >= 11 is 0. The standard InChI is InChI=1S/C12H21N5O/c1-9-14-11(16-13)7-12(15-9)17-6-4-2-3-5-10(17)8-18/h7,10,18H,2-6,8,13H2,1H3,(H,14,15,16). The molecule has 0 aliphatic carbocycles. The number of aliphatic hydroxyl groups excluding tert-OH is 1. The predicted molar refractivity (Wildman–Crippen MR) is 71.3 cm³/mol. The minimum absolute atomic E-state index is 0.146. The zero-order valence-electron chi connectivity index (χ0n) is 10.8. The second kappa shape index (κ2) is 5.97. The molecule has 0 spiro atoms. The van der Waals surface area contributed by atoms with E-state index >= 15 is 0 Å². The first kappa shape index (κ1) is 13.0. The van der Waals surface area contributed by atoms with Gasteiger partial charge in [-0.1, -0.05) is 12.8 Å². The van der Waals surface area contributed by atoms with Crippen LogP contribution in [0.5, 0.6) is 0 Å². The number of hydrogen-bond donors (Lipinski definition) is 3. The Balaban J connectivity index is 2.29. The minimum atomic E-state index is 0.146. The molecule has 1 atom stereocenters. The predicted octanol–water partition coefficient (Wildman–Crippen LogP) is 0.812. The molecule has 1 aromatic heterocycles. The summed E-state index contributed by atoms with van der Waals surface area (Å²) in [6.45, 7) is 2.93. The summed E-state index contributed by atoms with van der Waals surface area (Å²) in [5.41, 5.74) is 2.56.